The van der Waals surface area contributed by atoms with Gasteiger partial charge in [-0.25, -0.2) is 13.4 Å². The number of hydrogen-bond donors (Lipinski definition) is 2. The summed E-state index contributed by atoms with van der Waals surface area (Å²) in [6.07, 6.45) is 1.03. The molecular formula is C22H26N4O4S2. The van der Waals surface area contributed by atoms with E-state index in [1.807, 2.05) is 18.2 Å². The second kappa shape index (κ2) is 9.05. The molecule has 2 heterocycles. The third-order valence-corrected chi connectivity index (χ3v) is 8.26. The molecule has 0 radical (unpaired) electrons. The number of amides is 1. The van der Waals surface area contributed by atoms with Gasteiger partial charge in [-0.1, -0.05) is 31.3 Å². The van der Waals surface area contributed by atoms with Crippen molar-refractivity contribution < 1.29 is 17.9 Å². The molecule has 10 heteroatoms. The number of methoxy groups -OCH3 is 1. The summed E-state index contributed by atoms with van der Waals surface area (Å²) >= 11 is 1.38. The van der Waals surface area contributed by atoms with Crippen molar-refractivity contribution in [2.45, 2.75) is 25.2 Å². The Hall–Kier alpha value is -2.69. The second-order valence-corrected chi connectivity index (χ2v) is 11.2. The molecule has 1 saturated heterocycles. The summed E-state index contributed by atoms with van der Waals surface area (Å²) in [5.74, 6) is 0.923. The van der Waals surface area contributed by atoms with E-state index < -0.39 is 10.0 Å². The maximum atomic E-state index is 13.0. The van der Waals surface area contributed by atoms with Crippen molar-refractivity contribution in [1.82, 2.24) is 14.7 Å². The molecule has 1 aliphatic rings. The number of thiazole rings is 1. The van der Waals surface area contributed by atoms with Crippen LogP contribution in [0.4, 0.5) is 5.13 Å². The third kappa shape index (κ3) is 4.57. The van der Waals surface area contributed by atoms with E-state index in [9.17, 15) is 13.2 Å². The van der Waals surface area contributed by atoms with Crippen molar-refractivity contribution in [3.05, 3.63) is 48.0 Å². The van der Waals surface area contributed by atoms with Gasteiger partial charge < -0.3 is 4.74 Å². The standard InChI is InChI=1S/C22H26N4O4S2/c1-14-11-15(2)13-26(12-14)32(28,29)17-9-7-16(8-10-17)21(27)24-25-22-23-20-18(30-3)5-4-6-19(20)31-22/h4-10,14-15H,11-13H2,1-3H3,(H,23,25)(H,24,27). The number of carbonyl (C=O) groups excluding carboxylic acids is 1. The Morgan fingerprint density at radius 2 is 1.81 bits per heavy atom. The lowest BCUT2D eigenvalue weighted by molar-refractivity contribution is 0.0962. The Bertz CT molecular complexity index is 1210. The van der Waals surface area contributed by atoms with Crippen LogP contribution in [0.2, 0.25) is 0 Å². The van der Waals surface area contributed by atoms with Crippen molar-refractivity contribution in [1.29, 1.82) is 0 Å². The summed E-state index contributed by atoms with van der Waals surface area (Å²) in [5.41, 5.74) is 6.48. The number of piperidine rings is 1. The maximum Gasteiger partial charge on any atom is 0.269 e. The van der Waals surface area contributed by atoms with Crippen LogP contribution < -0.4 is 15.6 Å². The first kappa shape index (κ1) is 22.5. The van der Waals surface area contributed by atoms with Gasteiger partial charge in [0.2, 0.25) is 15.2 Å². The number of anilines is 1. The summed E-state index contributed by atoms with van der Waals surface area (Å²) in [6.45, 7) is 5.18. The maximum absolute atomic E-state index is 13.0. The van der Waals surface area contributed by atoms with Crippen molar-refractivity contribution in [2.24, 2.45) is 11.8 Å². The van der Waals surface area contributed by atoms with Gasteiger partial charge in [0.15, 0.2) is 0 Å². The summed E-state index contributed by atoms with van der Waals surface area (Å²) in [7, 11) is -2.00. The van der Waals surface area contributed by atoms with Crippen LogP contribution in [0.3, 0.4) is 0 Å². The first-order chi connectivity index (χ1) is 15.3. The van der Waals surface area contributed by atoms with Gasteiger partial charge in [-0.3, -0.25) is 15.6 Å². The molecule has 1 fully saturated rings. The van der Waals surface area contributed by atoms with Crippen LogP contribution in [-0.4, -0.2) is 43.8 Å². The number of carbonyl (C=O) groups is 1. The van der Waals surface area contributed by atoms with E-state index in [0.29, 0.717) is 46.9 Å². The van der Waals surface area contributed by atoms with E-state index >= 15 is 0 Å². The van der Waals surface area contributed by atoms with E-state index in [1.54, 1.807) is 11.4 Å². The summed E-state index contributed by atoms with van der Waals surface area (Å²) in [5, 5.41) is 0.519. The highest BCUT2D eigenvalue weighted by molar-refractivity contribution is 7.89. The van der Waals surface area contributed by atoms with E-state index in [0.717, 1.165) is 11.1 Å². The summed E-state index contributed by atoms with van der Waals surface area (Å²) < 4.78 is 33.8. The smallest absolute Gasteiger partial charge is 0.269 e. The highest BCUT2D eigenvalue weighted by Crippen LogP contribution is 2.32. The van der Waals surface area contributed by atoms with Crippen molar-refractivity contribution in [2.75, 3.05) is 25.6 Å². The average Bonchev–Trinajstić information content (AvgIpc) is 3.20. The van der Waals surface area contributed by atoms with Crippen LogP contribution in [0.1, 0.15) is 30.6 Å². The predicted molar refractivity (Wildman–Crippen MR) is 125 cm³/mol. The van der Waals surface area contributed by atoms with Gasteiger partial charge >= 0.3 is 0 Å². The fourth-order valence-corrected chi connectivity index (χ4v) is 6.57. The number of rotatable bonds is 6. The average molecular weight is 475 g/mol. The first-order valence-corrected chi connectivity index (χ1v) is 12.6. The molecule has 1 aliphatic heterocycles. The fraction of sp³-hybridized carbons (Fsp3) is 0.364. The molecule has 2 atom stereocenters. The number of nitrogens with one attached hydrogen (secondary N) is 2. The molecule has 0 saturated carbocycles. The minimum Gasteiger partial charge on any atom is -0.494 e. The highest BCUT2D eigenvalue weighted by atomic mass is 32.2. The Labute approximate surface area is 191 Å². The second-order valence-electron chi connectivity index (χ2n) is 8.20. The van der Waals surface area contributed by atoms with Crippen molar-refractivity contribution >= 4 is 42.6 Å². The molecule has 170 valence electrons. The number of aromatic nitrogens is 1. The van der Waals surface area contributed by atoms with Crippen molar-refractivity contribution in [3.8, 4) is 5.75 Å². The molecule has 1 aromatic heterocycles. The molecule has 1 amide bonds. The first-order valence-electron chi connectivity index (χ1n) is 10.4. The Morgan fingerprint density at radius 1 is 1.12 bits per heavy atom. The Balaban J connectivity index is 1.43. The molecule has 0 spiro atoms. The number of fused-ring (bicyclic) bond motifs is 1. The quantitative estimate of drug-likeness (QED) is 0.528. The molecule has 32 heavy (non-hydrogen) atoms. The molecular weight excluding hydrogens is 448 g/mol. The minimum absolute atomic E-state index is 0.196. The summed E-state index contributed by atoms with van der Waals surface area (Å²) in [6, 6.07) is 11.6. The van der Waals surface area contributed by atoms with Crippen LogP contribution in [0.5, 0.6) is 5.75 Å². The van der Waals surface area contributed by atoms with E-state index in [4.69, 9.17) is 4.74 Å². The molecule has 2 unspecified atom stereocenters. The monoisotopic (exact) mass is 474 g/mol. The van der Waals surface area contributed by atoms with Crippen LogP contribution in [0.15, 0.2) is 47.4 Å². The number of para-hydroxylation sites is 1. The highest BCUT2D eigenvalue weighted by Gasteiger charge is 2.31. The summed E-state index contributed by atoms with van der Waals surface area (Å²) in [4.78, 5) is 17.2. The lowest BCUT2D eigenvalue weighted by Crippen LogP contribution is -2.42. The van der Waals surface area contributed by atoms with Gasteiger partial charge in [0.1, 0.15) is 11.3 Å². The van der Waals surface area contributed by atoms with Crippen LogP contribution in [0.25, 0.3) is 10.2 Å². The minimum atomic E-state index is -3.58. The zero-order chi connectivity index (χ0) is 22.9. The van der Waals surface area contributed by atoms with E-state index in [2.05, 4.69) is 29.7 Å². The molecule has 0 bridgehead atoms. The van der Waals surface area contributed by atoms with Crippen LogP contribution >= 0.6 is 11.3 Å². The Kier molecular flexibility index (Phi) is 6.36. The fourth-order valence-electron chi connectivity index (χ4n) is 4.05. The number of benzene rings is 2. The van der Waals surface area contributed by atoms with Gasteiger partial charge in [0, 0.05) is 18.7 Å². The zero-order valence-corrected chi connectivity index (χ0v) is 19.8. The SMILES string of the molecule is COc1cccc2sc(NNC(=O)c3ccc(S(=O)(=O)N4CC(C)CC(C)C4)cc3)nc12. The number of ether oxygens (including phenoxy) is 1. The molecule has 3 aromatic rings. The number of sulfonamides is 1. The molecule has 4 rings (SSSR count). The van der Waals surface area contributed by atoms with Gasteiger partial charge in [-0.15, -0.1) is 0 Å². The van der Waals surface area contributed by atoms with Gasteiger partial charge in [0.25, 0.3) is 5.91 Å². The molecule has 2 aromatic carbocycles. The van der Waals surface area contributed by atoms with Gasteiger partial charge in [-0.2, -0.15) is 4.31 Å². The molecule has 2 N–H and O–H groups in total. The van der Waals surface area contributed by atoms with Crippen LogP contribution in [0, 0.1) is 11.8 Å². The van der Waals surface area contributed by atoms with Crippen LogP contribution in [-0.2, 0) is 10.0 Å². The lowest BCUT2D eigenvalue weighted by atomic mass is 9.94. The molecule has 8 nitrogen and oxygen atoms in total. The van der Waals surface area contributed by atoms with Gasteiger partial charge in [0.05, 0.1) is 16.7 Å². The number of hydrogen-bond acceptors (Lipinski definition) is 7. The largest absolute Gasteiger partial charge is 0.494 e. The lowest BCUT2D eigenvalue weighted by Gasteiger charge is -2.34. The van der Waals surface area contributed by atoms with E-state index in [1.165, 1.54) is 35.6 Å². The Morgan fingerprint density at radius 3 is 2.47 bits per heavy atom. The predicted octanol–water partition coefficient (Wildman–Crippen LogP) is 3.73. The van der Waals surface area contributed by atoms with E-state index in [-0.39, 0.29) is 10.8 Å². The zero-order valence-electron chi connectivity index (χ0n) is 18.2. The van der Waals surface area contributed by atoms with Gasteiger partial charge in [-0.05, 0) is 54.7 Å². The normalized spacial score (nSPS) is 19.6. The number of nitrogens with zero attached hydrogens (tertiary/aromatic N) is 2. The van der Waals surface area contributed by atoms with Crippen molar-refractivity contribution in [3.63, 3.8) is 0 Å². The molecule has 0 aliphatic carbocycles. The topological polar surface area (TPSA) is 101 Å². The number of hydrazine groups is 1. The third-order valence-electron chi connectivity index (χ3n) is 5.47.